The van der Waals surface area contributed by atoms with Crippen LogP contribution in [0.25, 0.3) is 0 Å². The fraction of sp³-hybridized carbons (Fsp3) is 0.561. The Morgan fingerprint density at radius 3 is 0.579 bits per heavy atom. The second-order valence-corrected chi connectivity index (χ2v) is 55.2. The Bertz CT molecular complexity index is 1700. The van der Waals surface area contributed by atoms with Gasteiger partial charge in [-0.3, -0.25) is 0 Å². The number of hydrogen-bond donors (Lipinski definition) is 0. The van der Waals surface area contributed by atoms with Gasteiger partial charge in [-0.15, -0.1) is 0 Å². The van der Waals surface area contributed by atoms with Gasteiger partial charge >= 0.3 is 0 Å². The van der Waals surface area contributed by atoms with E-state index in [-0.39, 0.29) is 76.2 Å². The first kappa shape index (κ1) is 52.5. The average Bonchev–Trinajstić information content (AvgIpc) is 3.15. The van der Waals surface area contributed by atoms with Crippen LogP contribution in [0.3, 0.4) is 0 Å². The molecule has 0 saturated heterocycles. The van der Waals surface area contributed by atoms with Gasteiger partial charge in [0, 0.05) is 0 Å². The van der Waals surface area contributed by atoms with Gasteiger partial charge in [-0.2, -0.15) is 0 Å². The van der Waals surface area contributed by atoms with Crippen molar-refractivity contribution in [2.75, 3.05) is 0 Å². The minimum Gasteiger partial charge on any atom is -0.0708 e. The van der Waals surface area contributed by atoms with Crippen molar-refractivity contribution in [3.05, 3.63) is 0 Å². The SMILES string of the molecule is C[SiH2]c1c([SiH2]C)c([Si](C)(c2c([SiH2]C)c([SiH2]C)c([SiH](C)C)c([SiH2]C)c2[SiH2]C)c2c([SiH](C)C)c([SiH](C)C)c([SiH](C)C)c([SiH](C)C)c2[SiH](C)C)c([SiH2]C)c([SiH2]C)c1[SiH](C)C. The van der Waals surface area contributed by atoms with Gasteiger partial charge in [0.05, 0.1) is 138 Å². The molecular weight excluding hydrogens is 942 g/mol. The molecule has 0 nitrogen and oxygen atoms in total. The zero-order valence-corrected chi connectivity index (χ0v) is 62.6. The van der Waals surface area contributed by atoms with E-state index in [1.54, 1.807) is 0 Å². The van der Waals surface area contributed by atoms with Crippen LogP contribution in [0.2, 0.25) is 151 Å². The summed E-state index contributed by atoms with van der Waals surface area (Å²) in [5.41, 5.74) is 0. The first-order chi connectivity index (χ1) is 26.7. The molecule has 0 spiro atoms. The standard InChI is InChI=1S/C41H92Si16/c1-42-24-28(46-5)39(29(47-6)25(43-2)32(24)50(9)10)57(23,40-30(48-7)26(44-3)33(51(11)12)27(45-4)31(40)49-8)41-37(55(19)20)35(53(15)16)34(52(13)14)36(54(17)18)38(41)56(21)22/h50-56H,42-49H2,1-23H3. The monoisotopic (exact) mass is 1030 g/mol. The molecule has 0 aliphatic carbocycles. The van der Waals surface area contributed by atoms with Gasteiger partial charge in [0.15, 0.2) is 0 Å². The van der Waals surface area contributed by atoms with Crippen molar-refractivity contribution < 1.29 is 0 Å². The van der Waals surface area contributed by atoms with Crippen LogP contribution in [0, 0.1) is 0 Å². The summed E-state index contributed by atoms with van der Waals surface area (Å²) in [6.45, 7) is 64.2. The summed E-state index contributed by atoms with van der Waals surface area (Å²) in [7, 11) is -12.7. The van der Waals surface area contributed by atoms with Gasteiger partial charge < -0.3 is 0 Å². The molecule has 3 rings (SSSR count). The summed E-state index contributed by atoms with van der Waals surface area (Å²) in [5.74, 6) is 0. The van der Waals surface area contributed by atoms with Crippen LogP contribution >= 0.6 is 0 Å². The van der Waals surface area contributed by atoms with Gasteiger partial charge in [-0.1, -0.05) is 244 Å². The largest absolute Gasteiger partial charge is 0.144 e. The Morgan fingerprint density at radius 2 is 0.421 bits per heavy atom. The molecule has 0 aliphatic rings. The van der Waals surface area contributed by atoms with E-state index in [2.05, 4.69) is 244 Å². The van der Waals surface area contributed by atoms with Gasteiger partial charge in [0.25, 0.3) is 0 Å². The van der Waals surface area contributed by atoms with Crippen molar-refractivity contribution in [1.29, 1.82) is 0 Å². The summed E-state index contributed by atoms with van der Waals surface area (Å²) in [6, 6.07) is 0. The zero-order valence-electron chi connectivity index (χ0n) is 42.2. The molecule has 0 heterocycles. The minimum absolute atomic E-state index is 0.292. The maximum atomic E-state index is 3.20. The Labute approximate surface area is 386 Å². The molecule has 57 heavy (non-hydrogen) atoms. The number of rotatable bonds is 18. The average molecular weight is 1030 g/mol. The highest BCUT2D eigenvalue weighted by molar-refractivity contribution is 7.22. The van der Waals surface area contributed by atoms with Gasteiger partial charge in [0.2, 0.25) is 0 Å². The zero-order chi connectivity index (χ0) is 43.6. The van der Waals surface area contributed by atoms with Crippen LogP contribution < -0.4 is 93.4 Å². The van der Waals surface area contributed by atoms with Crippen LogP contribution in [0.5, 0.6) is 0 Å². The summed E-state index contributed by atoms with van der Waals surface area (Å²) in [5, 5.41) is 38.2. The van der Waals surface area contributed by atoms with E-state index in [4.69, 9.17) is 0 Å². The molecule has 0 unspecified atom stereocenters. The molecule has 0 N–H and O–H groups in total. The second-order valence-electron chi connectivity index (χ2n) is 19.9. The quantitative estimate of drug-likeness (QED) is 0.0880. The van der Waals surface area contributed by atoms with E-state index in [9.17, 15) is 0 Å². The lowest BCUT2D eigenvalue weighted by Crippen LogP contribution is -2.91. The van der Waals surface area contributed by atoms with Crippen molar-refractivity contribution in [1.82, 2.24) is 0 Å². The Morgan fingerprint density at radius 1 is 0.246 bits per heavy atom. The number of benzene rings is 3. The maximum absolute atomic E-state index is 3.20. The second kappa shape index (κ2) is 22.2. The smallest absolute Gasteiger partial charge is 0.0708 e. The van der Waals surface area contributed by atoms with Crippen LogP contribution in [0.4, 0.5) is 0 Å². The van der Waals surface area contributed by atoms with Crippen LogP contribution in [-0.4, -0.2) is 146 Å². The first-order valence-electron chi connectivity index (χ1n) is 24.3. The van der Waals surface area contributed by atoms with Crippen molar-refractivity contribution in [3.8, 4) is 0 Å². The van der Waals surface area contributed by atoms with Gasteiger partial charge in [-0.05, 0) is 0 Å². The van der Waals surface area contributed by atoms with E-state index < -0.39 is 69.7 Å². The molecule has 0 saturated carbocycles. The predicted octanol–water partition coefficient (Wildman–Crippen LogP) is -8.62. The van der Waals surface area contributed by atoms with Crippen LogP contribution in [0.1, 0.15) is 0 Å². The van der Waals surface area contributed by atoms with Crippen molar-refractivity contribution in [2.24, 2.45) is 0 Å². The fourth-order valence-corrected chi connectivity index (χ4v) is 73.0. The molecule has 0 aliphatic heterocycles. The molecule has 0 atom stereocenters. The highest BCUT2D eigenvalue weighted by atomic mass is 28.3. The van der Waals surface area contributed by atoms with Crippen molar-refractivity contribution in [2.45, 2.75) is 151 Å². The van der Waals surface area contributed by atoms with Crippen LogP contribution in [0.15, 0.2) is 0 Å². The van der Waals surface area contributed by atoms with E-state index >= 15 is 0 Å². The molecule has 16 heteroatoms. The lowest BCUT2D eigenvalue weighted by Gasteiger charge is -2.46. The third-order valence-electron chi connectivity index (χ3n) is 14.0. The van der Waals surface area contributed by atoms with E-state index in [0.29, 0.717) is 0 Å². The van der Waals surface area contributed by atoms with E-state index in [1.807, 2.05) is 0 Å². The van der Waals surface area contributed by atoms with Gasteiger partial charge in [-0.25, -0.2) is 0 Å². The topological polar surface area (TPSA) is 0 Å². The minimum atomic E-state index is -2.48. The molecular formula is C41H92Si16. The molecule has 3 aromatic carbocycles. The third-order valence-corrected chi connectivity index (χ3v) is 50.3. The van der Waals surface area contributed by atoms with Crippen molar-refractivity contribution >= 4 is 239 Å². The number of hydrogen-bond acceptors (Lipinski definition) is 0. The molecule has 0 fully saturated rings. The summed E-state index contributed by atoms with van der Waals surface area (Å²) >= 11 is 0. The molecule has 0 bridgehead atoms. The lowest BCUT2D eigenvalue weighted by atomic mass is 10.3. The predicted molar refractivity (Wildman–Crippen MR) is 332 cm³/mol. The molecule has 0 amide bonds. The molecule has 3 aromatic rings. The lowest BCUT2D eigenvalue weighted by molar-refractivity contribution is 1.79. The fourth-order valence-electron chi connectivity index (χ4n) is 12.6. The molecule has 320 valence electrons. The summed E-state index contributed by atoms with van der Waals surface area (Å²) < 4.78 is 0. The maximum Gasteiger partial charge on any atom is 0.144 e. The van der Waals surface area contributed by atoms with E-state index in [0.717, 1.165) is 0 Å². The summed E-state index contributed by atoms with van der Waals surface area (Å²) in [6.07, 6.45) is 0. The van der Waals surface area contributed by atoms with Crippen molar-refractivity contribution in [3.63, 3.8) is 0 Å². The molecule has 0 aromatic heterocycles. The van der Waals surface area contributed by atoms with E-state index in [1.165, 1.54) is 0 Å². The Hall–Kier alpha value is 1.13. The molecule has 0 radical (unpaired) electrons. The summed E-state index contributed by atoms with van der Waals surface area (Å²) in [4.78, 5) is 0. The van der Waals surface area contributed by atoms with Crippen LogP contribution in [-0.2, 0) is 0 Å². The Balaban J connectivity index is 3.29. The Kier molecular flexibility index (Phi) is 20.4. The highest BCUT2D eigenvalue weighted by Gasteiger charge is 2.48. The van der Waals surface area contributed by atoms with Gasteiger partial charge in [0.1, 0.15) is 8.07 Å². The first-order valence-corrected chi connectivity index (χ1v) is 64.0. The highest BCUT2D eigenvalue weighted by Crippen LogP contribution is 2.06. The normalized spacial score (nSPS) is 15.3. The third kappa shape index (κ3) is 9.51.